The molecule has 0 aliphatic carbocycles. The molecule has 4 N–H and O–H groups in total. The quantitative estimate of drug-likeness (QED) is 0.557. The standard InChI is InChI=1S/C15H17BrN4O2.CH2O2/c16-9-1-2-10-12(14(9)21)13(19-18-10)15(22)17-11-7-20-5-3-8(11)4-6-20;2-1-3/h1-2,8,11,21H,3-7H2,(H,17,22)(H,18,19);1H,(H,2,3)/t11-;/m0./s1. The minimum absolute atomic E-state index is 0.0466. The number of amides is 1. The largest absolute Gasteiger partial charge is 0.506 e. The van der Waals surface area contributed by atoms with Gasteiger partial charge < -0.3 is 20.4 Å². The fourth-order valence-electron chi connectivity index (χ4n) is 3.60. The summed E-state index contributed by atoms with van der Waals surface area (Å²) in [6, 6.07) is 3.69. The SMILES string of the molecule is O=C(N[C@H]1CN2CCC1CC2)c1n[nH]c2ccc(Br)c(O)c12.O=CO. The Kier molecular flexibility index (Phi) is 5.24. The number of halogens is 1. The average molecular weight is 411 g/mol. The van der Waals surface area contributed by atoms with Gasteiger partial charge in [0.25, 0.3) is 12.4 Å². The van der Waals surface area contributed by atoms with E-state index >= 15 is 0 Å². The summed E-state index contributed by atoms with van der Waals surface area (Å²) in [7, 11) is 0. The van der Waals surface area contributed by atoms with Crippen molar-refractivity contribution < 1.29 is 19.8 Å². The maximum Gasteiger partial charge on any atom is 0.290 e. The van der Waals surface area contributed by atoms with E-state index in [1.807, 2.05) is 0 Å². The fraction of sp³-hybridized carbons (Fsp3) is 0.438. The Bertz CT molecular complexity index is 786. The van der Waals surface area contributed by atoms with E-state index in [0.717, 1.165) is 32.5 Å². The number of nitrogens with one attached hydrogen (secondary N) is 2. The predicted molar refractivity (Wildman–Crippen MR) is 94.6 cm³/mol. The van der Waals surface area contributed by atoms with Crippen LogP contribution in [0.5, 0.6) is 5.75 Å². The highest BCUT2D eigenvalue weighted by atomic mass is 79.9. The van der Waals surface area contributed by atoms with Crippen molar-refractivity contribution in [3.8, 4) is 5.75 Å². The van der Waals surface area contributed by atoms with Crippen LogP contribution >= 0.6 is 15.9 Å². The van der Waals surface area contributed by atoms with Crippen molar-refractivity contribution in [2.45, 2.75) is 18.9 Å². The predicted octanol–water partition coefficient (Wildman–Crippen LogP) is 1.56. The van der Waals surface area contributed by atoms with Crippen molar-refractivity contribution >= 4 is 39.2 Å². The molecule has 3 aliphatic rings. The number of rotatable bonds is 2. The van der Waals surface area contributed by atoms with E-state index in [-0.39, 0.29) is 29.9 Å². The summed E-state index contributed by atoms with van der Waals surface area (Å²) in [6.07, 6.45) is 2.28. The molecule has 3 fully saturated rings. The number of hydrogen-bond donors (Lipinski definition) is 4. The lowest BCUT2D eigenvalue weighted by atomic mass is 9.84. The lowest BCUT2D eigenvalue weighted by Gasteiger charge is -2.44. The van der Waals surface area contributed by atoms with E-state index in [2.05, 4.69) is 36.3 Å². The topological polar surface area (TPSA) is 119 Å². The van der Waals surface area contributed by atoms with Crippen molar-refractivity contribution in [2.24, 2.45) is 5.92 Å². The van der Waals surface area contributed by atoms with Gasteiger partial charge in [-0.1, -0.05) is 0 Å². The van der Waals surface area contributed by atoms with Crippen LogP contribution in [0, 0.1) is 5.92 Å². The minimum Gasteiger partial charge on any atom is -0.506 e. The number of benzene rings is 1. The Balaban J connectivity index is 0.000000569. The molecular weight excluding hydrogens is 392 g/mol. The van der Waals surface area contributed by atoms with Crippen molar-refractivity contribution in [2.75, 3.05) is 19.6 Å². The maximum absolute atomic E-state index is 12.6. The van der Waals surface area contributed by atoms with Gasteiger partial charge >= 0.3 is 0 Å². The van der Waals surface area contributed by atoms with Gasteiger partial charge in [0, 0.05) is 12.6 Å². The highest BCUT2D eigenvalue weighted by molar-refractivity contribution is 9.10. The summed E-state index contributed by atoms with van der Waals surface area (Å²) in [4.78, 5) is 23.3. The number of aromatic amines is 1. The number of aromatic nitrogens is 2. The number of piperidine rings is 3. The van der Waals surface area contributed by atoms with Gasteiger partial charge in [-0.15, -0.1) is 0 Å². The van der Waals surface area contributed by atoms with Gasteiger partial charge in [-0.3, -0.25) is 14.7 Å². The summed E-state index contributed by atoms with van der Waals surface area (Å²) < 4.78 is 0.554. The molecule has 2 aromatic rings. The first-order chi connectivity index (χ1) is 12.0. The molecule has 0 spiro atoms. The van der Waals surface area contributed by atoms with E-state index in [0.29, 0.717) is 21.3 Å². The molecule has 1 atom stereocenters. The van der Waals surface area contributed by atoms with Gasteiger partial charge in [0.15, 0.2) is 5.69 Å². The molecule has 2 bridgehead atoms. The zero-order valence-electron chi connectivity index (χ0n) is 13.4. The second-order valence-electron chi connectivity index (χ2n) is 6.21. The molecule has 134 valence electrons. The van der Waals surface area contributed by atoms with Crippen molar-refractivity contribution in [3.05, 3.63) is 22.3 Å². The Morgan fingerprint density at radius 1 is 1.40 bits per heavy atom. The van der Waals surface area contributed by atoms with E-state index in [1.165, 1.54) is 0 Å². The smallest absolute Gasteiger partial charge is 0.290 e. The van der Waals surface area contributed by atoms with Crippen molar-refractivity contribution in [1.82, 2.24) is 20.4 Å². The highest BCUT2D eigenvalue weighted by Gasteiger charge is 2.35. The molecule has 4 heterocycles. The van der Waals surface area contributed by atoms with Crippen molar-refractivity contribution in [3.63, 3.8) is 0 Å². The van der Waals surface area contributed by atoms with Crippen LogP contribution in [0.2, 0.25) is 0 Å². The maximum atomic E-state index is 12.6. The van der Waals surface area contributed by atoms with Crippen LogP contribution in [0.1, 0.15) is 23.3 Å². The molecule has 1 aromatic carbocycles. The Hall–Kier alpha value is -2.13. The third-order valence-corrected chi connectivity index (χ3v) is 5.48. The van der Waals surface area contributed by atoms with Gasteiger partial charge in [-0.25, -0.2) is 0 Å². The molecule has 1 amide bonds. The third kappa shape index (κ3) is 3.47. The monoisotopic (exact) mass is 410 g/mol. The molecule has 5 rings (SSSR count). The summed E-state index contributed by atoms with van der Waals surface area (Å²) in [6.45, 7) is 2.93. The molecule has 25 heavy (non-hydrogen) atoms. The van der Waals surface area contributed by atoms with Crippen LogP contribution in [0.25, 0.3) is 10.9 Å². The molecular formula is C16H19BrN4O4. The number of H-pyrrole nitrogens is 1. The first kappa shape index (κ1) is 17.7. The van der Waals surface area contributed by atoms with Gasteiger partial charge in [0.1, 0.15) is 5.75 Å². The second-order valence-corrected chi connectivity index (χ2v) is 7.07. The zero-order chi connectivity index (χ0) is 18.0. The number of carboxylic acid groups (broad SMARTS) is 1. The third-order valence-electron chi connectivity index (χ3n) is 4.84. The molecule has 3 aliphatic heterocycles. The molecule has 8 nitrogen and oxygen atoms in total. The summed E-state index contributed by atoms with van der Waals surface area (Å²) in [5, 5.41) is 27.5. The Morgan fingerprint density at radius 2 is 2.08 bits per heavy atom. The number of phenols is 1. The lowest BCUT2D eigenvalue weighted by molar-refractivity contribution is -0.122. The number of carbonyl (C=O) groups excluding carboxylic acids is 1. The zero-order valence-corrected chi connectivity index (χ0v) is 15.0. The van der Waals surface area contributed by atoms with Gasteiger partial charge in [-0.05, 0) is 59.9 Å². The second kappa shape index (κ2) is 7.40. The van der Waals surface area contributed by atoms with Gasteiger partial charge in [-0.2, -0.15) is 5.10 Å². The lowest BCUT2D eigenvalue weighted by Crippen LogP contribution is -2.57. The molecule has 0 radical (unpaired) electrons. The molecule has 1 aromatic heterocycles. The molecule has 3 saturated heterocycles. The molecule has 0 saturated carbocycles. The number of nitrogens with zero attached hydrogens (tertiary/aromatic N) is 2. The van der Waals surface area contributed by atoms with Crippen LogP contribution in [0.3, 0.4) is 0 Å². The molecule has 0 unspecified atom stereocenters. The van der Waals surface area contributed by atoms with E-state index in [9.17, 15) is 9.90 Å². The van der Waals surface area contributed by atoms with E-state index < -0.39 is 0 Å². The molecule has 9 heteroatoms. The average Bonchev–Trinajstić information content (AvgIpc) is 3.05. The number of fused-ring (bicyclic) bond motifs is 4. The Labute approximate surface area is 152 Å². The summed E-state index contributed by atoms with van der Waals surface area (Å²) in [5.41, 5.74) is 0.907. The van der Waals surface area contributed by atoms with Gasteiger partial charge in [0.2, 0.25) is 0 Å². The first-order valence-electron chi connectivity index (χ1n) is 8.01. The number of hydrogen-bond acceptors (Lipinski definition) is 5. The van der Waals surface area contributed by atoms with Crippen LogP contribution in [0.15, 0.2) is 16.6 Å². The van der Waals surface area contributed by atoms with Crippen LogP contribution < -0.4 is 5.32 Å². The minimum atomic E-state index is -0.250. The normalized spacial score (nSPS) is 24.4. The fourth-order valence-corrected chi connectivity index (χ4v) is 3.93. The van der Waals surface area contributed by atoms with E-state index in [4.69, 9.17) is 9.90 Å². The summed E-state index contributed by atoms with van der Waals surface area (Å²) >= 11 is 3.28. The van der Waals surface area contributed by atoms with Gasteiger partial charge in [0.05, 0.1) is 15.4 Å². The Morgan fingerprint density at radius 3 is 2.68 bits per heavy atom. The van der Waals surface area contributed by atoms with Crippen molar-refractivity contribution in [1.29, 1.82) is 0 Å². The first-order valence-corrected chi connectivity index (χ1v) is 8.81. The summed E-state index contributed by atoms with van der Waals surface area (Å²) in [5.74, 6) is 0.378. The van der Waals surface area contributed by atoms with E-state index in [1.54, 1.807) is 12.1 Å². The number of phenolic OH excluding ortho intramolecular Hbond substituents is 1. The van der Waals surface area contributed by atoms with Crippen LogP contribution in [-0.4, -0.2) is 63.4 Å². The van der Waals surface area contributed by atoms with Crippen LogP contribution in [0.4, 0.5) is 0 Å². The van der Waals surface area contributed by atoms with Crippen LogP contribution in [-0.2, 0) is 4.79 Å². The highest BCUT2D eigenvalue weighted by Crippen LogP contribution is 2.34. The number of aromatic hydroxyl groups is 1. The number of carbonyl (C=O) groups is 2.